The summed E-state index contributed by atoms with van der Waals surface area (Å²) >= 11 is 0. The molecule has 0 radical (unpaired) electrons. The molecule has 0 aliphatic rings. The highest BCUT2D eigenvalue weighted by molar-refractivity contribution is 5.52. The fourth-order valence-electron chi connectivity index (χ4n) is 1.90. The van der Waals surface area contributed by atoms with Crippen molar-refractivity contribution in [3.8, 4) is 5.75 Å². The van der Waals surface area contributed by atoms with Crippen LogP contribution in [-0.2, 0) is 12.6 Å². The molecule has 100 valence electrons. The Balaban J connectivity index is 2.41. The lowest BCUT2D eigenvalue weighted by atomic mass is 9.98. The molecule has 0 heterocycles. The van der Waals surface area contributed by atoms with E-state index in [1.165, 1.54) is 30.3 Å². The number of anilines is 1. The lowest BCUT2D eigenvalue weighted by Gasteiger charge is -2.13. The molecular weight excluding hydrogens is 255 g/mol. The number of nitrogens with two attached hydrogens (primary N) is 1. The van der Waals surface area contributed by atoms with Crippen LogP contribution in [0.15, 0.2) is 42.5 Å². The van der Waals surface area contributed by atoms with Crippen molar-refractivity contribution in [1.29, 1.82) is 0 Å². The molecule has 0 unspecified atom stereocenters. The summed E-state index contributed by atoms with van der Waals surface area (Å²) in [5.74, 6) is -0.0197. The van der Waals surface area contributed by atoms with Gasteiger partial charge in [0.15, 0.2) is 0 Å². The predicted molar refractivity (Wildman–Crippen MR) is 66.8 cm³/mol. The summed E-state index contributed by atoms with van der Waals surface area (Å²) in [4.78, 5) is 0. The topological polar surface area (TPSA) is 46.2 Å². The number of aromatic hydroxyl groups is 1. The molecule has 2 aromatic carbocycles. The molecule has 0 spiro atoms. The maximum Gasteiger partial charge on any atom is 0.416 e. The number of phenols is 1. The molecule has 0 bridgehead atoms. The third-order valence-corrected chi connectivity index (χ3v) is 2.83. The van der Waals surface area contributed by atoms with Crippen LogP contribution in [0, 0.1) is 0 Å². The van der Waals surface area contributed by atoms with Crippen molar-refractivity contribution in [3.05, 3.63) is 59.2 Å². The van der Waals surface area contributed by atoms with E-state index < -0.39 is 11.7 Å². The lowest BCUT2D eigenvalue weighted by Crippen LogP contribution is -2.09. The summed E-state index contributed by atoms with van der Waals surface area (Å²) < 4.78 is 38.6. The van der Waals surface area contributed by atoms with Crippen LogP contribution in [0.25, 0.3) is 0 Å². The Kier molecular flexibility index (Phi) is 3.38. The number of hydrogen-bond donors (Lipinski definition) is 2. The van der Waals surface area contributed by atoms with E-state index in [4.69, 9.17) is 5.73 Å². The molecule has 0 fully saturated rings. The van der Waals surface area contributed by atoms with Crippen molar-refractivity contribution in [1.82, 2.24) is 0 Å². The van der Waals surface area contributed by atoms with E-state index in [0.29, 0.717) is 11.3 Å². The summed E-state index contributed by atoms with van der Waals surface area (Å²) in [6, 6.07) is 9.58. The minimum absolute atomic E-state index is 0.0197. The summed E-state index contributed by atoms with van der Waals surface area (Å²) in [7, 11) is 0. The van der Waals surface area contributed by atoms with Crippen LogP contribution in [0.4, 0.5) is 18.9 Å². The molecule has 2 aromatic rings. The standard InChI is InChI=1S/C14H12F3NO/c15-14(16,17)12-4-2-1-3-9(12)7-10-8-11(19)5-6-13(10)18/h1-6,8,19H,7,18H2. The molecule has 0 saturated heterocycles. The second kappa shape index (κ2) is 4.84. The van der Waals surface area contributed by atoms with Crippen molar-refractivity contribution in [2.75, 3.05) is 5.73 Å². The molecule has 2 nitrogen and oxygen atoms in total. The van der Waals surface area contributed by atoms with Gasteiger partial charge in [0.1, 0.15) is 5.75 Å². The molecule has 5 heteroatoms. The molecule has 0 aliphatic carbocycles. The number of rotatable bonds is 2. The van der Waals surface area contributed by atoms with E-state index in [0.717, 1.165) is 6.07 Å². The molecule has 0 aromatic heterocycles. The van der Waals surface area contributed by atoms with E-state index in [1.54, 1.807) is 6.07 Å². The van der Waals surface area contributed by atoms with E-state index in [-0.39, 0.29) is 17.7 Å². The highest BCUT2D eigenvalue weighted by Gasteiger charge is 2.32. The van der Waals surface area contributed by atoms with Gasteiger partial charge >= 0.3 is 6.18 Å². The highest BCUT2D eigenvalue weighted by Crippen LogP contribution is 2.33. The van der Waals surface area contributed by atoms with Gasteiger partial charge in [0.2, 0.25) is 0 Å². The molecule has 2 rings (SSSR count). The van der Waals surface area contributed by atoms with Crippen LogP contribution in [-0.4, -0.2) is 5.11 Å². The zero-order valence-electron chi connectivity index (χ0n) is 9.91. The first kappa shape index (κ1) is 13.3. The molecule has 0 aliphatic heterocycles. The van der Waals surface area contributed by atoms with Gasteiger partial charge in [-0.3, -0.25) is 0 Å². The number of benzene rings is 2. The van der Waals surface area contributed by atoms with Gasteiger partial charge in [0.25, 0.3) is 0 Å². The molecule has 0 amide bonds. The van der Waals surface area contributed by atoms with Gasteiger partial charge in [-0.25, -0.2) is 0 Å². The molecule has 0 atom stereocenters. The monoisotopic (exact) mass is 267 g/mol. The Morgan fingerprint density at radius 3 is 2.37 bits per heavy atom. The van der Waals surface area contributed by atoms with E-state index in [9.17, 15) is 18.3 Å². The van der Waals surface area contributed by atoms with Crippen LogP contribution in [0.3, 0.4) is 0 Å². The third-order valence-electron chi connectivity index (χ3n) is 2.83. The number of alkyl halides is 3. The molecule has 3 N–H and O–H groups in total. The number of halogens is 3. The van der Waals surface area contributed by atoms with Crippen LogP contribution in [0.2, 0.25) is 0 Å². The quantitative estimate of drug-likeness (QED) is 0.645. The smallest absolute Gasteiger partial charge is 0.416 e. The second-order valence-corrected chi connectivity index (χ2v) is 4.21. The van der Waals surface area contributed by atoms with Crippen molar-refractivity contribution < 1.29 is 18.3 Å². The first-order chi connectivity index (χ1) is 8.88. The summed E-state index contributed by atoms with van der Waals surface area (Å²) in [5.41, 5.74) is 5.98. The van der Waals surface area contributed by atoms with Gasteiger partial charge in [-0.1, -0.05) is 18.2 Å². The normalized spacial score (nSPS) is 11.5. The lowest BCUT2D eigenvalue weighted by molar-refractivity contribution is -0.138. The number of nitrogen functional groups attached to an aromatic ring is 1. The van der Waals surface area contributed by atoms with Gasteiger partial charge in [0, 0.05) is 12.1 Å². The Hall–Kier alpha value is -2.17. The number of hydrogen-bond acceptors (Lipinski definition) is 2. The van der Waals surface area contributed by atoms with Gasteiger partial charge < -0.3 is 10.8 Å². The summed E-state index contributed by atoms with van der Waals surface area (Å²) in [6.07, 6.45) is -4.38. The first-order valence-corrected chi connectivity index (χ1v) is 5.60. The van der Waals surface area contributed by atoms with Gasteiger partial charge in [0.05, 0.1) is 5.56 Å². The molecule has 0 saturated carbocycles. The fourth-order valence-corrected chi connectivity index (χ4v) is 1.90. The van der Waals surface area contributed by atoms with Gasteiger partial charge in [-0.2, -0.15) is 13.2 Å². The zero-order chi connectivity index (χ0) is 14.0. The minimum atomic E-state index is -4.40. The van der Waals surface area contributed by atoms with Crippen molar-refractivity contribution in [3.63, 3.8) is 0 Å². The van der Waals surface area contributed by atoms with Crippen LogP contribution in [0.5, 0.6) is 5.75 Å². The first-order valence-electron chi connectivity index (χ1n) is 5.60. The highest BCUT2D eigenvalue weighted by atomic mass is 19.4. The van der Waals surface area contributed by atoms with Gasteiger partial charge in [-0.15, -0.1) is 0 Å². The largest absolute Gasteiger partial charge is 0.508 e. The van der Waals surface area contributed by atoms with E-state index >= 15 is 0 Å². The van der Waals surface area contributed by atoms with E-state index in [2.05, 4.69) is 0 Å². The SMILES string of the molecule is Nc1ccc(O)cc1Cc1ccccc1C(F)(F)F. The fraction of sp³-hybridized carbons (Fsp3) is 0.143. The van der Waals surface area contributed by atoms with Crippen LogP contribution < -0.4 is 5.73 Å². The summed E-state index contributed by atoms with van der Waals surface area (Å²) in [6.45, 7) is 0. The van der Waals surface area contributed by atoms with Crippen molar-refractivity contribution in [2.45, 2.75) is 12.6 Å². The average molecular weight is 267 g/mol. The van der Waals surface area contributed by atoms with Crippen molar-refractivity contribution >= 4 is 5.69 Å². The number of phenolic OH excluding ortho intramolecular Hbond substituents is 1. The maximum absolute atomic E-state index is 12.9. The molecular formula is C14H12F3NO. The summed E-state index contributed by atoms with van der Waals surface area (Å²) in [5, 5.41) is 9.37. The average Bonchev–Trinajstić information content (AvgIpc) is 2.33. The van der Waals surface area contributed by atoms with Crippen LogP contribution >= 0.6 is 0 Å². The molecule has 19 heavy (non-hydrogen) atoms. The van der Waals surface area contributed by atoms with Gasteiger partial charge in [-0.05, 0) is 35.4 Å². The Morgan fingerprint density at radius 2 is 1.68 bits per heavy atom. The Labute approximate surface area is 108 Å². The van der Waals surface area contributed by atoms with Crippen molar-refractivity contribution in [2.24, 2.45) is 0 Å². The van der Waals surface area contributed by atoms with Crippen LogP contribution in [0.1, 0.15) is 16.7 Å². The zero-order valence-corrected chi connectivity index (χ0v) is 9.91. The Morgan fingerprint density at radius 1 is 1.00 bits per heavy atom. The third kappa shape index (κ3) is 2.99. The van der Waals surface area contributed by atoms with E-state index in [1.807, 2.05) is 0 Å². The minimum Gasteiger partial charge on any atom is -0.508 e. The maximum atomic E-state index is 12.9. The Bertz CT molecular complexity index is 593. The predicted octanol–water partition coefficient (Wildman–Crippen LogP) is 3.58. The second-order valence-electron chi connectivity index (χ2n) is 4.21.